The van der Waals surface area contributed by atoms with E-state index in [0.29, 0.717) is 18.2 Å². The van der Waals surface area contributed by atoms with Crippen molar-refractivity contribution in [2.75, 3.05) is 26.2 Å². The van der Waals surface area contributed by atoms with E-state index in [9.17, 15) is 0 Å². The van der Waals surface area contributed by atoms with Crippen LogP contribution >= 0.6 is 0 Å². The van der Waals surface area contributed by atoms with Crippen LogP contribution in [0.5, 0.6) is 0 Å². The molecule has 2 fully saturated rings. The minimum Gasteiger partial charge on any atom is -0.378 e. The van der Waals surface area contributed by atoms with E-state index in [0.717, 1.165) is 25.0 Å². The van der Waals surface area contributed by atoms with Gasteiger partial charge in [0.2, 0.25) is 0 Å². The monoisotopic (exact) mass is 254 g/mol. The van der Waals surface area contributed by atoms with Crippen molar-refractivity contribution in [1.29, 1.82) is 0 Å². The minimum absolute atomic E-state index is 0.503. The highest BCUT2D eigenvalue weighted by Crippen LogP contribution is 2.26. The van der Waals surface area contributed by atoms with Crippen molar-refractivity contribution in [3.05, 3.63) is 0 Å². The van der Waals surface area contributed by atoms with Gasteiger partial charge in [0.15, 0.2) is 0 Å². The van der Waals surface area contributed by atoms with Gasteiger partial charge in [0.25, 0.3) is 0 Å². The Morgan fingerprint density at radius 3 is 2.83 bits per heavy atom. The van der Waals surface area contributed by atoms with Gasteiger partial charge >= 0.3 is 0 Å². The molecule has 2 heterocycles. The number of nitrogens with one attached hydrogen (secondary N) is 1. The van der Waals surface area contributed by atoms with Crippen LogP contribution in [0, 0.1) is 11.8 Å². The maximum Gasteiger partial charge on any atom is 0.0613 e. The predicted octanol–water partition coefficient (Wildman–Crippen LogP) is 2.12. The second kappa shape index (κ2) is 6.36. The Balaban J connectivity index is 1.95. The van der Waals surface area contributed by atoms with Crippen LogP contribution in [0.3, 0.4) is 0 Å². The van der Waals surface area contributed by atoms with Crippen LogP contribution in [0.25, 0.3) is 0 Å². The quantitative estimate of drug-likeness (QED) is 0.832. The highest BCUT2D eigenvalue weighted by atomic mass is 16.5. The molecule has 4 atom stereocenters. The van der Waals surface area contributed by atoms with Crippen LogP contribution in [0.15, 0.2) is 0 Å². The van der Waals surface area contributed by atoms with Crippen molar-refractivity contribution in [2.24, 2.45) is 11.8 Å². The molecule has 2 aliphatic rings. The van der Waals surface area contributed by atoms with Crippen LogP contribution < -0.4 is 5.32 Å². The predicted molar refractivity (Wildman–Crippen MR) is 75.8 cm³/mol. The fourth-order valence-corrected chi connectivity index (χ4v) is 3.52. The highest BCUT2D eigenvalue weighted by Gasteiger charge is 2.34. The second-order valence-electron chi connectivity index (χ2n) is 6.44. The van der Waals surface area contributed by atoms with Crippen LogP contribution in [0.4, 0.5) is 0 Å². The van der Waals surface area contributed by atoms with Crippen molar-refractivity contribution in [2.45, 2.75) is 58.7 Å². The number of nitrogens with zero attached hydrogens (tertiary/aromatic N) is 1. The molecule has 0 amide bonds. The van der Waals surface area contributed by atoms with Gasteiger partial charge in [-0.15, -0.1) is 0 Å². The summed E-state index contributed by atoms with van der Waals surface area (Å²) < 4.78 is 5.84. The van der Waals surface area contributed by atoms with E-state index < -0.39 is 0 Å². The van der Waals surface area contributed by atoms with Gasteiger partial charge in [-0.1, -0.05) is 20.8 Å². The molecule has 1 N–H and O–H groups in total. The van der Waals surface area contributed by atoms with Crippen molar-refractivity contribution < 1.29 is 4.74 Å². The van der Waals surface area contributed by atoms with E-state index in [1.165, 1.54) is 25.9 Å². The zero-order valence-electron chi connectivity index (χ0n) is 12.5. The first-order valence-corrected chi connectivity index (χ1v) is 7.70. The van der Waals surface area contributed by atoms with Gasteiger partial charge in [-0.05, 0) is 31.6 Å². The Bertz CT molecular complexity index is 257. The topological polar surface area (TPSA) is 24.5 Å². The van der Waals surface area contributed by atoms with Gasteiger partial charge in [-0.25, -0.2) is 0 Å². The number of ether oxygens (including phenoxy) is 1. The van der Waals surface area contributed by atoms with Gasteiger partial charge < -0.3 is 10.1 Å². The maximum absolute atomic E-state index is 5.84. The summed E-state index contributed by atoms with van der Waals surface area (Å²) in [4.78, 5) is 2.72. The third-order valence-corrected chi connectivity index (χ3v) is 4.64. The third kappa shape index (κ3) is 3.25. The molecule has 0 bridgehead atoms. The zero-order chi connectivity index (χ0) is 13.1. The molecule has 0 aromatic carbocycles. The lowest BCUT2D eigenvalue weighted by Crippen LogP contribution is -2.58. The van der Waals surface area contributed by atoms with Gasteiger partial charge in [0, 0.05) is 38.3 Å². The van der Waals surface area contributed by atoms with E-state index >= 15 is 0 Å². The molecule has 2 aliphatic heterocycles. The van der Waals surface area contributed by atoms with E-state index in [1.54, 1.807) is 0 Å². The Morgan fingerprint density at radius 2 is 2.17 bits per heavy atom. The molecule has 2 saturated heterocycles. The molecule has 0 spiro atoms. The Kier molecular flexibility index (Phi) is 5.05. The summed E-state index contributed by atoms with van der Waals surface area (Å²) in [6.45, 7) is 13.8. The number of piperazine rings is 1. The molecule has 0 saturated carbocycles. The molecule has 106 valence electrons. The average Bonchev–Trinajstić information content (AvgIpc) is 2.76. The van der Waals surface area contributed by atoms with Gasteiger partial charge in [0.05, 0.1) is 6.10 Å². The molecule has 3 nitrogen and oxygen atoms in total. The molecule has 0 aliphatic carbocycles. The molecular formula is C15H30N2O. The molecule has 2 rings (SSSR count). The fourth-order valence-electron chi connectivity index (χ4n) is 3.52. The lowest BCUT2D eigenvalue weighted by atomic mass is 9.94. The molecule has 3 heteroatoms. The molecule has 0 radical (unpaired) electrons. The summed E-state index contributed by atoms with van der Waals surface area (Å²) in [6.07, 6.45) is 2.92. The van der Waals surface area contributed by atoms with E-state index in [2.05, 4.69) is 37.9 Å². The van der Waals surface area contributed by atoms with Crippen LogP contribution in [-0.4, -0.2) is 49.3 Å². The van der Waals surface area contributed by atoms with Gasteiger partial charge in [-0.3, -0.25) is 4.90 Å². The van der Waals surface area contributed by atoms with E-state index in [1.807, 2.05) is 0 Å². The first kappa shape index (κ1) is 14.3. The molecule has 0 aromatic rings. The van der Waals surface area contributed by atoms with Crippen molar-refractivity contribution >= 4 is 0 Å². The van der Waals surface area contributed by atoms with Crippen molar-refractivity contribution in [3.8, 4) is 0 Å². The van der Waals surface area contributed by atoms with Crippen molar-refractivity contribution in [1.82, 2.24) is 10.2 Å². The maximum atomic E-state index is 5.84. The molecular weight excluding hydrogens is 224 g/mol. The fraction of sp³-hybridized carbons (Fsp3) is 1.00. The zero-order valence-corrected chi connectivity index (χ0v) is 12.5. The van der Waals surface area contributed by atoms with Gasteiger partial charge in [0.1, 0.15) is 0 Å². The summed E-state index contributed by atoms with van der Waals surface area (Å²) in [5.74, 6) is 1.48. The molecule has 18 heavy (non-hydrogen) atoms. The normalized spacial score (nSPS) is 38.5. The first-order valence-electron chi connectivity index (χ1n) is 7.70. The smallest absolute Gasteiger partial charge is 0.0613 e. The second-order valence-corrected chi connectivity index (χ2v) is 6.44. The number of hydrogen-bond acceptors (Lipinski definition) is 3. The van der Waals surface area contributed by atoms with Gasteiger partial charge in [-0.2, -0.15) is 0 Å². The Hall–Kier alpha value is -0.120. The lowest BCUT2D eigenvalue weighted by molar-refractivity contribution is 0.0466. The first-order chi connectivity index (χ1) is 8.61. The van der Waals surface area contributed by atoms with Crippen molar-refractivity contribution in [3.63, 3.8) is 0 Å². The summed E-state index contributed by atoms with van der Waals surface area (Å²) in [7, 11) is 0. The molecule has 0 aromatic heterocycles. The minimum atomic E-state index is 0.503. The Labute approximate surface area is 112 Å². The van der Waals surface area contributed by atoms with E-state index in [-0.39, 0.29) is 0 Å². The SMILES string of the molecule is CCC1OCCC1CN1CC(C)NCC1C(C)C. The summed E-state index contributed by atoms with van der Waals surface area (Å²) in [5, 5.41) is 3.62. The summed E-state index contributed by atoms with van der Waals surface area (Å²) in [6, 6.07) is 1.32. The standard InChI is InChI=1S/C15H30N2O/c1-5-15-13(6-7-18-15)10-17-9-12(4)16-8-14(17)11(2)3/h11-16H,5-10H2,1-4H3. The van der Waals surface area contributed by atoms with E-state index in [4.69, 9.17) is 4.74 Å². The Morgan fingerprint density at radius 1 is 1.39 bits per heavy atom. The lowest BCUT2D eigenvalue weighted by Gasteiger charge is -2.43. The average molecular weight is 254 g/mol. The number of hydrogen-bond donors (Lipinski definition) is 1. The van der Waals surface area contributed by atoms with Crippen LogP contribution in [0.1, 0.15) is 40.5 Å². The largest absolute Gasteiger partial charge is 0.378 e. The third-order valence-electron chi connectivity index (χ3n) is 4.64. The van der Waals surface area contributed by atoms with Crippen LogP contribution in [0.2, 0.25) is 0 Å². The summed E-state index contributed by atoms with van der Waals surface area (Å²) >= 11 is 0. The number of rotatable bonds is 4. The summed E-state index contributed by atoms with van der Waals surface area (Å²) in [5.41, 5.74) is 0. The van der Waals surface area contributed by atoms with Crippen LogP contribution in [-0.2, 0) is 4.74 Å². The molecule has 4 unspecified atom stereocenters. The highest BCUT2D eigenvalue weighted by molar-refractivity contribution is 4.89.